The van der Waals surface area contributed by atoms with Gasteiger partial charge in [0.05, 0.1) is 30.7 Å². The van der Waals surface area contributed by atoms with Gasteiger partial charge < -0.3 is 20.1 Å². The van der Waals surface area contributed by atoms with E-state index in [2.05, 4.69) is 25.6 Å². The third-order valence-corrected chi connectivity index (χ3v) is 5.86. The summed E-state index contributed by atoms with van der Waals surface area (Å²) >= 11 is 0. The van der Waals surface area contributed by atoms with Crippen molar-refractivity contribution in [1.29, 1.82) is 0 Å². The van der Waals surface area contributed by atoms with Crippen LogP contribution in [-0.4, -0.2) is 34.1 Å². The fraction of sp³-hybridized carbons (Fsp3) is 0.333. The molecule has 4 heterocycles. The molecule has 1 saturated heterocycles. The van der Waals surface area contributed by atoms with Crippen molar-refractivity contribution in [3.8, 4) is 0 Å². The van der Waals surface area contributed by atoms with Crippen LogP contribution in [-0.2, 0) is 21.4 Å². The molecule has 0 bridgehead atoms. The number of pyridine rings is 3. The van der Waals surface area contributed by atoms with E-state index in [0.29, 0.717) is 18.9 Å². The maximum absolute atomic E-state index is 13.1. The van der Waals surface area contributed by atoms with Gasteiger partial charge in [-0.2, -0.15) is 13.2 Å². The maximum Gasteiger partial charge on any atom is 0.417 e. The molecule has 2 fully saturated rings. The number of hydrogen-bond acceptors (Lipinski definition) is 7. The summed E-state index contributed by atoms with van der Waals surface area (Å²) in [5.74, 6) is -0.670. The second-order valence-electron chi connectivity index (χ2n) is 8.45. The van der Waals surface area contributed by atoms with Crippen LogP contribution in [0.15, 0.2) is 48.9 Å². The molecular weight excluding hydrogens is 463 g/mol. The zero-order valence-electron chi connectivity index (χ0n) is 18.7. The first-order valence-corrected chi connectivity index (χ1v) is 11.1. The number of aromatic nitrogens is 3. The van der Waals surface area contributed by atoms with E-state index in [1.807, 2.05) is 13.0 Å². The Hall–Kier alpha value is -3.57. The van der Waals surface area contributed by atoms with Gasteiger partial charge in [0.1, 0.15) is 11.6 Å². The van der Waals surface area contributed by atoms with E-state index in [4.69, 9.17) is 9.47 Å². The molecule has 3 aromatic heterocycles. The third kappa shape index (κ3) is 4.82. The van der Waals surface area contributed by atoms with Gasteiger partial charge >= 0.3 is 6.18 Å². The van der Waals surface area contributed by atoms with Gasteiger partial charge in [-0.25, -0.2) is 9.97 Å². The van der Waals surface area contributed by atoms with Gasteiger partial charge in [0.15, 0.2) is 5.79 Å². The second kappa shape index (κ2) is 8.90. The molecule has 0 spiro atoms. The first-order chi connectivity index (χ1) is 16.7. The second-order valence-corrected chi connectivity index (χ2v) is 8.45. The van der Waals surface area contributed by atoms with Crippen LogP contribution >= 0.6 is 0 Å². The summed E-state index contributed by atoms with van der Waals surface area (Å²) in [7, 11) is 0. The number of aryl methyl sites for hydroxylation is 1. The quantitative estimate of drug-likeness (QED) is 0.517. The smallest absolute Gasteiger partial charge is 0.343 e. The van der Waals surface area contributed by atoms with Crippen LogP contribution in [0.2, 0.25) is 0 Å². The predicted octanol–water partition coefficient (Wildman–Crippen LogP) is 4.80. The average molecular weight is 485 g/mol. The molecule has 0 atom stereocenters. The summed E-state index contributed by atoms with van der Waals surface area (Å²) in [4.78, 5) is 25.3. The Morgan fingerprint density at radius 2 is 1.80 bits per heavy atom. The van der Waals surface area contributed by atoms with Crippen LogP contribution in [0.3, 0.4) is 0 Å². The van der Waals surface area contributed by atoms with Crippen LogP contribution in [0.1, 0.15) is 40.0 Å². The molecule has 8 nitrogen and oxygen atoms in total. The highest BCUT2D eigenvalue weighted by Gasteiger charge is 2.52. The highest BCUT2D eigenvalue weighted by molar-refractivity contribution is 6.05. The summed E-state index contributed by atoms with van der Waals surface area (Å²) in [6.45, 7) is 2.81. The molecular formula is C24H22F3N5O3. The molecule has 2 aliphatic rings. The van der Waals surface area contributed by atoms with Crippen molar-refractivity contribution in [2.24, 2.45) is 5.92 Å². The molecule has 0 aromatic carbocycles. The lowest BCUT2D eigenvalue weighted by atomic mass is 9.99. The molecule has 3 aromatic rings. The molecule has 1 amide bonds. The minimum Gasteiger partial charge on any atom is -0.343 e. The number of alkyl halides is 3. The van der Waals surface area contributed by atoms with E-state index in [0.717, 1.165) is 36.4 Å². The number of nitrogens with one attached hydrogen (secondary N) is 2. The Kier molecular flexibility index (Phi) is 5.89. The van der Waals surface area contributed by atoms with Crippen LogP contribution in [0.4, 0.5) is 30.5 Å². The number of amides is 1. The highest BCUT2D eigenvalue weighted by atomic mass is 19.4. The topological polar surface area (TPSA) is 98.3 Å². The van der Waals surface area contributed by atoms with Gasteiger partial charge in [0.25, 0.3) is 5.91 Å². The van der Waals surface area contributed by atoms with Crippen molar-refractivity contribution >= 4 is 23.2 Å². The van der Waals surface area contributed by atoms with Gasteiger partial charge in [-0.15, -0.1) is 0 Å². The molecule has 1 aliphatic heterocycles. The Morgan fingerprint density at radius 3 is 2.46 bits per heavy atom. The fourth-order valence-electron chi connectivity index (χ4n) is 4.05. The van der Waals surface area contributed by atoms with Crippen molar-refractivity contribution in [2.45, 2.75) is 31.7 Å². The average Bonchev–Trinajstić information content (AvgIpc) is 3.58. The van der Waals surface area contributed by atoms with Gasteiger partial charge in [0, 0.05) is 35.1 Å². The highest BCUT2D eigenvalue weighted by Crippen LogP contribution is 2.52. The van der Waals surface area contributed by atoms with Crippen LogP contribution in [0.5, 0.6) is 0 Å². The van der Waals surface area contributed by atoms with Crippen LogP contribution in [0.25, 0.3) is 0 Å². The van der Waals surface area contributed by atoms with E-state index in [-0.39, 0.29) is 23.1 Å². The number of anilines is 3. The Labute approximate surface area is 198 Å². The van der Waals surface area contributed by atoms with Gasteiger partial charge in [-0.1, -0.05) is 0 Å². The number of hydrogen-bond donors (Lipinski definition) is 2. The first-order valence-electron chi connectivity index (χ1n) is 11.1. The lowest BCUT2D eigenvalue weighted by Gasteiger charge is -2.30. The van der Waals surface area contributed by atoms with Gasteiger partial charge in [-0.05, 0) is 50.1 Å². The van der Waals surface area contributed by atoms with E-state index in [1.54, 1.807) is 6.20 Å². The molecule has 1 saturated carbocycles. The monoisotopic (exact) mass is 485 g/mol. The number of carbonyl (C=O) groups is 1. The van der Waals surface area contributed by atoms with Crippen LogP contribution < -0.4 is 10.6 Å². The van der Waals surface area contributed by atoms with Crippen molar-refractivity contribution in [1.82, 2.24) is 15.0 Å². The van der Waals surface area contributed by atoms with Crippen molar-refractivity contribution in [3.05, 3.63) is 71.3 Å². The number of ether oxygens (including phenoxy) is 2. The Morgan fingerprint density at radius 1 is 1.03 bits per heavy atom. The standard InChI is InChI=1S/C24H22F3N5O3/c1-14-10-18(23(16-2-3-16)34-8-9-35-23)19(13-29-14)31-22(33)15-6-7-28-21(11-15)32-20-5-4-17(12-30-20)24(25,26)27/h4-7,10-13,16H,2-3,8-9H2,1H3,(H,31,33)(H,28,30,32). The summed E-state index contributed by atoms with van der Waals surface area (Å²) in [6, 6.07) is 6.99. The molecule has 0 unspecified atom stereocenters. The predicted molar refractivity (Wildman–Crippen MR) is 120 cm³/mol. The summed E-state index contributed by atoms with van der Waals surface area (Å²) in [6.07, 6.45) is 1.22. The summed E-state index contributed by atoms with van der Waals surface area (Å²) in [5, 5.41) is 5.71. The summed E-state index contributed by atoms with van der Waals surface area (Å²) in [5.41, 5.74) is 1.43. The molecule has 1 aliphatic carbocycles. The van der Waals surface area contributed by atoms with Crippen molar-refractivity contribution in [2.75, 3.05) is 23.8 Å². The first kappa shape index (κ1) is 23.2. The number of nitrogens with zero attached hydrogens (tertiary/aromatic N) is 3. The molecule has 5 rings (SSSR count). The SMILES string of the molecule is Cc1cc(C2(C3CC3)OCCO2)c(NC(=O)c2ccnc(Nc3ccc(C(F)(F)F)cn3)c2)cn1. The van der Waals surface area contributed by atoms with Crippen molar-refractivity contribution in [3.63, 3.8) is 0 Å². The van der Waals surface area contributed by atoms with E-state index < -0.39 is 23.4 Å². The van der Waals surface area contributed by atoms with Gasteiger partial charge in [-0.3, -0.25) is 9.78 Å². The molecule has 35 heavy (non-hydrogen) atoms. The lowest BCUT2D eigenvalue weighted by Crippen LogP contribution is -2.32. The van der Waals surface area contributed by atoms with E-state index >= 15 is 0 Å². The minimum atomic E-state index is -4.47. The van der Waals surface area contributed by atoms with E-state index in [1.165, 1.54) is 24.4 Å². The minimum absolute atomic E-state index is 0.162. The number of rotatable bonds is 6. The Balaban J connectivity index is 1.36. The molecule has 2 N–H and O–H groups in total. The third-order valence-electron chi connectivity index (χ3n) is 5.86. The largest absolute Gasteiger partial charge is 0.417 e. The lowest BCUT2D eigenvalue weighted by molar-refractivity contribution is -0.181. The molecule has 0 radical (unpaired) electrons. The van der Waals surface area contributed by atoms with E-state index in [9.17, 15) is 18.0 Å². The zero-order chi connectivity index (χ0) is 24.6. The Bertz CT molecular complexity index is 1240. The van der Waals surface area contributed by atoms with Crippen molar-refractivity contribution < 1.29 is 27.4 Å². The molecule has 182 valence electrons. The normalized spacial score (nSPS) is 17.3. The van der Waals surface area contributed by atoms with Gasteiger partial charge in [0.2, 0.25) is 0 Å². The summed E-state index contributed by atoms with van der Waals surface area (Å²) < 4.78 is 50.4. The number of carbonyl (C=O) groups excluding carboxylic acids is 1. The molecule has 11 heteroatoms. The maximum atomic E-state index is 13.1. The number of halogens is 3. The fourth-order valence-corrected chi connectivity index (χ4v) is 4.05. The zero-order valence-corrected chi connectivity index (χ0v) is 18.7. The van der Waals surface area contributed by atoms with Crippen LogP contribution in [0, 0.1) is 12.8 Å².